The van der Waals surface area contributed by atoms with E-state index >= 15 is 0 Å². The van der Waals surface area contributed by atoms with E-state index in [0.717, 1.165) is 11.4 Å². The zero-order valence-electron chi connectivity index (χ0n) is 14.0. The molecule has 120 valence electrons. The van der Waals surface area contributed by atoms with Gasteiger partial charge in [0.15, 0.2) is 0 Å². The molecule has 5 heteroatoms. The standard InChI is InChI=1S/C18H22N4O/c1-20(2)17(21(3)4)19-18(23)22(15-11-7-5-8-12-15)16-13-9-6-10-14-16/h5-14H,1-4H3. The summed E-state index contributed by atoms with van der Waals surface area (Å²) in [4.78, 5) is 22.4. The number of nitrogens with zero attached hydrogens (tertiary/aromatic N) is 4. The van der Waals surface area contributed by atoms with E-state index < -0.39 is 0 Å². The molecular formula is C18H22N4O. The van der Waals surface area contributed by atoms with Gasteiger partial charge in [0.05, 0.1) is 11.4 Å². The zero-order chi connectivity index (χ0) is 16.8. The van der Waals surface area contributed by atoms with Crippen molar-refractivity contribution in [2.45, 2.75) is 0 Å². The minimum atomic E-state index is -0.334. The van der Waals surface area contributed by atoms with E-state index in [9.17, 15) is 4.79 Å². The van der Waals surface area contributed by atoms with Gasteiger partial charge in [-0.25, -0.2) is 4.79 Å². The van der Waals surface area contributed by atoms with Gasteiger partial charge in [0, 0.05) is 28.2 Å². The van der Waals surface area contributed by atoms with Crippen LogP contribution in [0.3, 0.4) is 0 Å². The van der Waals surface area contributed by atoms with Crippen LogP contribution < -0.4 is 4.90 Å². The predicted molar refractivity (Wildman–Crippen MR) is 95.2 cm³/mol. The first-order valence-electron chi connectivity index (χ1n) is 7.38. The lowest BCUT2D eigenvalue weighted by Crippen LogP contribution is -2.37. The number of hydrogen-bond donors (Lipinski definition) is 0. The molecule has 0 N–H and O–H groups in total. The Morgan fingerprint density at radius 1 is 0.739 bits per heavy atom. The van der Waals surface area contributed by atoms with Crippen molar-refractivity contribution in [3.8, 4) is 0 Å². The Bertz CT molecular complexity index is 616. The van der Waals surface area contributed by atoms with Gasteiger partial charge in [-0.05, 0) is 24.3 Å². The monoisotopic (exact) mass is 310 g/mol. The van der Waals surface area contributed by atoms with Crippen molar-refractivity contribution in [2.24, 2.45) is 4.99 Å². The third-order valence-corrected chi connectivity index (χ3v) is 3.22. The number of para-hydroxylation sites is 2. The summed E-state index contributed by atoms with van der Waals surface area (Å²) in [5.41, 5.74) is 1.56. The topological polar surface area (TPSA) is 39.2 Å². The second-order valence-corrected chi connectivity index (χ2v) is 5.49. The van der Waals surface area contributed by atoms with Gasteiger partial charge < -0.3 is 9.80 Å². The summed E-state index contributed by atoms with van der Waals surface area (Å²) in [6, 6.07) is 18.7. The van der Waals surface area contributed by atoms with E-state index in [0.29, 0.717) is 5.96 Å². The summed E-state index contributed by atoms with van der Waals surface area (Å²) in [7, 11) is 7.45. The Balaban J connectivity index is 2.46. The van der Waals surface area contributed by atoms with Crippen LogP contribution in [0.5, 0.6) is 0 Å². The smallest absolute Gasteiger partial charge is 0.349 e. The van der Waals surface area contributed by atoms with Crippen molar-refractivity contribution in [2.75, 3.05) is 33.1 Å². The van der Waals surface area contributed by atoms with Crippen LogP contribution in [-0.2, 0) is 0 Å². The van der Waals surface area contributed by atoms with Crippen LogP contribution >= 0.6 is 0 Å². The van der Waals surface area contributed by atoms with Crippen LogP contribution in [0.15, 0.2) is 65.7 Å². The van der Waals surface area contributed by atoms with Crippen LogP contribution in [-0.4, -0.2) is 50.0 Å². The van der Waals surface area contributed by atoms with Gasteiger partial charge in [-0.3, -0.25) is 4.90 Å². The Morgan fingerprint density at radius 3 is 1.48 bits per heavy atom. The van der Waals surface area contributed by atoms with Gasteiger partial charge in [-0.2, -0.15) is 4.99 Å². The highest BCUT2D eigenvalue weighted by molar-refractivity contribution is 6.05. The molecule has 0 saturated carbocycles. The lowest BCUT2D eigenvalue weighted by atomic mass is 10.2. The van der Waals surface area contributed by atoms with E-state index in [1.165, 1.54) is 0 Å². The highest BCUT2D eigenvalue weighted by Gasteiger charge is 2.19. The number of benzene rings is 2. The van der Waals surface area contributed by atoms with E-state index in [-0.39, 0.29) is 6.03 Å². The fourth-order valence-corrected chi connectivity index (χ4v) is 2.26. The van der Waals surface area contributed by atoms with Crippen molar-refractivity contribution in [1.29, 1.82) is 0 Å². The molecule has 0 aliphatic carbocycles. The molecule has 2 aromatic carbocycles. The third kappa shape index (κ3) is 4.10. The van der Waals surface area contributed by atoms with Crippen LogP contribution in [0, 0.1) is 0 Å². The molecule has 0 fully saturated rings. The van der Waals surface area contributed by atoms with Gasteiger partial charge in [0.1, 0.15) is 0 Å². The number of guanidine groups is 1. The average molecular weight is 310 g/mol. The van der Waals surface area contributed by atoms with Crippen LogP contribution in [0.25, 0.3) is 0 Å². The van der Waals surface area contributed by atoms with E-state index in [2.05, 4.69) is 4.99 Å². The van der Waals surface area contributed by atoms with Gasteiger partial charge in [0.2, 0.25) is 5.96 Å². The van der Waals surface area contributed by atoms with E-state index in [4.69, 9.17) is 0 Å². The van der Waals surface area contributed by atoms with Crippen molar-refractivity contribution in [3.63, 3.8) is 0 Å². The van der Waals surface area contributed by atoms with Crippen LogP contribution in [0.1, 0.15) is 0 Å². The predicted octanol–water partition coefficient (Wildman–Crippen LogP) is 3.42. The second kappa shape index (κ2) is 7.45. The number of carbonyl (C=O) groups excluding carboxylic acids is 1. The molecule has 0 radical (unpaired) electrons. The summed E-state index contributed by atoms with van der Waals surface area (Å²) < 4.78 is 0. The number of aliphatic imine (C=N–C) groups is 1. The molecular weight excluding hydrogens is 288 g/mol. The molecule has 0 unspecified atom stereocenters. The molecule has 0 aliphatic heterocycles. The second-order valence-electron chi connectivity index (χ2n) is 5.49. The first-order chi connectivity index (χ1) is 11.0. The Hall–Kier alpha value is -2.82. The number of urea groups is 1. The Morgan fingerprint density at radius 2 is 1.13 bits per heavy atom. The maximum atomic E-state index is 12.8. The molecule has 2 aromatic rings. The minimum absolute atomic E-state index is 0.334. The van der Waals surface area contributed by atoms with Crippen molar-refractivity contribution >= 4 is 23.4 Å². The van der Waals surface area contributed by atoms with E-state index in [1.807, 2.05) is 98.7 Å². The molecule has 0 heterocycles. The van der Waals surface area contributed by atoms with Crippen LogP contribution in [0.4, 0.5) is 16.2 Å². The zero-order valence-corrected chi connectivity index (χ0v) is 14.0. The summed E-state index contributed by atoms with van der Waals surface area (Å²) in [6.07, 6.45) is 0. The lowest BCUT2D eigenvalue weighted by molar-refractivity contribution is 0.255. The van der Waals surface area contributed by atoms with E-state index in [1.54, 1.807) is 4.90 Å². The van der Waals surface area contributed by atoms with Gasteiger partial charge in [-0.15, -0.1) is 0 Å². The summed E-state index contributed by atoms with van der Waals surface area (Å²) in [5.74, 6) is 0.590. The quantitative estimate of drug-likeness (QED) is 0.630. The fraction of sp³-hybridized carbons (Fsp3) is 0.222. The summed E-state index contributed by atoms with van der Waals surface area (Å²) in [6.45, 7) is 0. The normalized spacial score (nSPS) is 9.91. The molecule has 0 spiro atoms. The minimum Gasteiger partial charge on any atom is -0.349 e. The fourth-order valence-electron chi connectivity index (χ4n) is 2.26. The van der Waals surface area contributed by atoms with Crippen LogP contribution in [0.2, 0.25) is 0 Å². The molecule has 0 atom stereocenters. The first-order valence-corrected chi connectivity index (χ1v) is 7.38. The van der Waals surface area contributed by atoms with Crippen molar-refractivity contribution in [1.82, 2.24) is 9.80 Å². The molecule has 0 aromatic heterocycles. The van der Waals surface area contributed by atoms with Crippen molar-refractivity contribution < 1.29 is 4.79 Å². The Labute approximate surface area is 137 Å². The number of hydrogen-bond acceptors (Lipinski definition) is 1. The molecule has 23 heavy (non-hydrogen) atoms. The molecule has 2 amide bonds. The number of rotatable bonds is 2. The van der Waals surface area contributed by atoms with Gasteiger partial charge >= 0.3 is 6.03 Å². The molecule has 5 nitrogen and oxygen atoms in total. The lowest BCUT2D eigenvalue weighted by Gasteiger charge is -2.25. The maximum Gasteiger partial charge on any atom is 0.355 e. The largest absolute Gasteiger partial charge is 0.355 e. The number of carbonyl (C=O) groups is 1. The number of amides is 2. The van der Waals surface area contributed by atoms with Gasteiger partial charge in [0.25, 0.3) is 0 Å². The molecule has 2 rings (SSSR count). The average Bonchev–Trinajstić information content (AvgIpc) is 2.54. The summed E-state index contributed by atoms with van der Waals surface area (Å²) >= 11 is 0. The first kappa shape index (κ1) is 16.5. The molecule has 0 saturated heterocycles. The Kier molecular flexibility index (Phi) is 5.36. The molecule has 0 bridgehead atoms. The maximum absolute atomic E-state index is 12.8. The highest BCUT2D eigenvalue weighted by Crippen LogP contribution is 2.25. The molecule has 0 aliphatic rings. The SMILES string of the molecule is CN(C)C(=NC(=O)N(c1ccccc1)c1ccccc1)N(C)C. The number of anilines is 2. The van der Waals surface area contributed by atoms with Crippen molar-refractivity contribution in [3.05, 3.63) is 60.7 Å². The van der Waals surface area contributed by atoms with Gasteiger partial charge in [-0.1, -0.05) is 36.4 Å². The highest BCUT2D eigenvalue weighted by atomic mass is 16.2. The summed E-state index contributed by atoms with van der Waals surface area (Å²) in [5, 5.41) is 0. The third-order valence-electron chi connectivity index (χ3n) is 3.22.